The molecule has 7 heteroatoms. The van der Waals surface area contributed by atoms with E-state index in [1.807, 2.05) is 38.6 Å². The third kappa shape index (κ3) is 4.05. The number of hydrogen-bond acceptors (Lipinski definition) is 3. The third-order valence-electron chi connectivity index (χ3n) is 4.81. The van der Waals surface area contributed by atoms with Crippen LogP contribution in [0.25, 0.3) is 0 Å². The van der Waals surface area contributed by atoms with Crippen LogP contribution >= 0.6 is 0 Å². The Labute approximate surface area is 162 Å². The normalized spacial score (nSPS) is 17.7. The topological polar surface area (TPSA) is 69.1 Å². The number of amides is 1. The molecule has 1 aliphatic rings. The second-order valence-electron chi connectivity index (χ2n) is 8.03. The number of hydrogen-bond donors (Lipinski definition) is 2. The molecule has 0 spiro atoms. The molecule has 0 radical (unpaired) electrons. The van der Waals surface area contributed by atoms with Crippen LogP contribution in [0.3, 0.4) is 0 Å². The summed E-state index contributed by atoms with van der Waals surface area (Å²) in [5.41, 5.74) is 3.65. The Kier molecular flexibility index (Phi) is 5.38. The van der Waals surface area contributed by atoms with Gasteiger partial charge in [-0.15, -0.1) is 4.72 Å². The maximum absolute atomic E-state index is 13.4. The van der Waals surface area contributed by atoms with Gasteiger partial charge in [0.05, 0.1) is 6.04 Å². The molecule has 2 N–H and O–H groups in total. The molecule has 1 aliphatic carbocycles. The number of carbonyl (C=O) groups is 1. The third-order valence-corrected chi connectivity index (χ3v) is 6.43. The summed E-state index contributed by atoms with van der Waals surface area (Å²) in [5, 5.41) is 2.86. The van der Waals surface area contributed by atoms with Gasteiger partial charge >= 0.3 is 0 Å². The summed E-state index contributed by atoms with van der Waals surface area (Å²) < 4.78 is 30.5. The predicted octanol–water partition coefficient (Wildman–Crippen LogP) is 3.76. The van der Waals surface area contributed by atoms with Crippen LogP contribution in [0.5, 0.6) is 0 Å². The van der Waals surface area contributed by atoms with Crippen LogP contribution in [-0.4, -0.2) is 19.8 Å². The van der Waals surface area contributed by atoms with Crippen molar-refractivity contribution in [3.63, 3.8) is 0 Å². The summed E-state index contributed by atoms with van der Waals surface area (Å²) in [4.78, 5) is 12.8. The molecule has 27 heavy (non-hydrogen) atoms. The molecular formula is C20H26FN3O2S. The molecule has 5 nitrogen and oxygen atoms in total. The van der Waals surface area contributed by atoms with Crippen molar-refractivity contribution in [1.29, 1.82) is 0 Å². The Balaban J connectivity index is 1.81. The molecule has 146 valence electrons. The number of aromatic nitrogens is 1. The maximum Gasteiger partial charge on any atom is 0.272 e. The Hall–Kier alpha value is -1.83. The van der Waals surface area contributed by atoms with E-state index in [1.165, 1.54) is 6.07 Å². The zero-order chi connectivity index (χ0) is 19.9. The molecule has 3 rings (SSSR count). The summed E-state index contributed by atoms with van der Waals surface area (Å²) in [6.45, 7) is 7.46. The van der Waals surface area contributed by atoms with Gasteiger partial charge in [0.2, 0.25) is 0 Å². The highest BCUT2D eigenvalue weighted by molar-refractivity contribution is 7.90. The van der Waals surface area contributed by atoms with E-state index in [4.69, 9.17) is 0 Å². The van der Waals surface area contributed by atoms with Gasteiger partial charge in [-0.1, -0.05) is 0 Å². The first-order valence-corrected chi connectivity index (χ1v) is 10.2. The Morgan fingerprint density at radius 1 is 1.37 bits per heavy atom. The van der Waals surface area contributed by atoms with E-state index in [-0.39, 0.29) is 22.5 Å². The smallest absolute Gasteiger partial charge is 0.272 e. The van der Waals surface area contributed by atoms with Gasteiger partial charge in [-0.05, 0) is 75.4 Å². The molecule has 1 amide bonds. The second kappa shape index (κ2) is 7.30. The van der Waals surface area contributed by atoms with Gasteiger partial charge in [-0.2, -0.15) is 0 Å². The maximum atomic E-state index is 13.4. The number of fused-ring (bicyclic) bond motifs is 1. The van der Waals surface area contributed by atoms with Crippen LogP contribution in [0.4, 0.5) is 10.1 Å². The number of aryl methyl sites for hydroxylation is 2. The van der Waals surface area contributed by atoms with Crippen molar-refractivity contribution in [1.82, 2.24) is 9.29 Å². The van der Waals surface area contributed by atoms with E-state index in [9.17, 15) is 13.7 Å². The Morgan fingerprint density at radius 2 is 2.07 bits per heavy atom. The molecular weight excluding hydrogens is 365 g/mol. The minimum atomic E-state index is -1.17. The minimum absolute atomic E-state index is 0.0270. The molecule has 1 aromatic carbocycles. The summed E-state index contributed by atoms with van der Waals surface area (Å²) in [7, 11) is 1.83. The van der Waals surface area contributed by atoms with E-state index >= 15 is 0 Å². The first-order chi connectivity index (χ1) is 12.6. The highest BCUT2D eigenvalue weighted by atomic mass is 32.2. The minimum Gasteiger partial charge on any atom is -0.598 e. The van der Waals surface area contributed by atoms with E-state index in [2.05, 4.69) is 10.0 Å². The summed E-state index contributed by atoms with van der Waals surface area (Å²) in [6, 6.07) is 4.50. The number of rotatable bonds is 4. The predicted molar refractivity (Wildman–Crippen MR) is 107 cm³/mol. The SMILES string of the molecule is Cc1cc(NC(=O)c2c3c(cn2C)[C@H](N[S+]([O-])C(C)(C)C)CC3)ccc1F. The van der Waals surface area contributed by atoms with Gasteiger partial charge in [0.1, 0.15) is 16.3 Å². The van der Waals surface area contributed by atoms with E-state index in [0.717, 1.165) is 24.0 Å². The molecule has 2 aromatic rings. The van der Waals surface area contributed by atoms with E-state index < -0.39 is 11.4 Å². The molecule has 0 fully saturated rings. The quantitative estimate of drug-likeness (QED) is 0.780. The van der Waals surface area contributed by atoms with Crippen molar-refractivity contribution in [3.05, 3.63) is 52.6 Å². The van der Waals surface area contributed by atoms with Crippen LogP contribution in [0.2, 0.25) is 0 Å². The van der Waals surface area contributed by atoms with Gasteiger partial charge in [0, 0.05) is 30.3 Å². The van der Waals surface area contributed by atoms with Crippen LogP contribution in [-0.2, 0) is 24.8 Å². The first-order valence-electron chi connectivity index (χ1n) is 9.01. The second-order valence-corrected chi connectivity index (χ2v) is 10.0. The van der Waals surface area contributed by atoms with Crippen LogP contribution in [0.1, 0.15) is 60.4 Å². The molecule has 0 saturated carbocycles. The van der Waals surface area contributed by atoms with E-state index in [0.29, 0.717) is 16.9 Å². The first kappa shape index (κ1) is 19.9. The van der Waals surface area contributed by atoms with Crippen molar-refractivity contribution in [3.8, 4) is 0 Å². The number of nitrogens with zero attached hydrogens (tertiary/aromatic N) is 1. The van der Waals surface area contributed by atoms with Gasteiger partial charge in [0.15, 0.2) is 0 Å². The highest BCUT2D eigenvalue weighted by Crippen LogP contribution is 2.36. The van der Waals surface area contributed by atoms with Gasteiger partial charge in [-0.3, -0.25) is 4.79 Å². The average Bonchev–Trinajstić information content (AvgIpc) is 3.08. The molecule has 1 heterocycles. The zero-order valence-corrected chi connectivity index (χ0v) is 17.2. The molecule has 0 saturated heterocycles. The van der Waals surface area contributed by atoms with E-state index in [1.54, 1.807) is 19.1 Å². The zero-order valence-electron chi connectivity index (χ0n) is 16.4. The molecule has 0 bridgehead atoms. The Morgan fingerprint density at radius 3 is 2.70 bits per heavy atom. The molecule has 2 atom stereocenters. The fourth-order valence-electron chi connectivity index (χ4n) is 3.35. The Bertz CT molecular complexity index is 873. The fourth-order valence-corrected chi connectivity index (χ4v) is 4.20. The van der Waals surface area contributed by atoms with Crippen LogP contribution < -0.4 is 10.0 Å². The largest absolute Gasteiger partial charge is 0.598 e. The molecule has 1 aromatic heterocycles. The highest BCUT2D eigenvalue weighted by Gasteiger charge is 2.36. The number of anilines is 1. The fraction of sp³-hybridized carbons (Fsp3) is 0.450. The van der Waals surface area contributed by atoms with Crippen molar-refractivity contribution in [2.75, 3.05) is 5.32 Å². The number of carbonyl (C=O) groups excluding carboxylic acids is 1. The molecule has 1 unspecified atom stereocenters. The van der Waals surface area contributed by atoms with Crippen molar-refractivity contribution in [2.45, 2.75) is 51.3 Å². The van der Waals surface area contributed by atoms with Crippen LogP contribution in [0, 0.1) is 12.7 Å². The monoisotopic (exact) mass is 391 g/mol. The van der Waals surface area contributed by atoms with Gasteiger partial charge in [-0.25, -0.2) is 4.39 Å². The van der Waals surface area contributed by atoms with Crippen molar-refractivity contribution >= 4 is 23.0 Å². The van der Waals surface area contributed by atoms with Crippen molar-refractivity contribution < 1.29 is 13.7 Å². The van der Waals surface area contributed by atoms with Gasteiger partial charge < -0.3 is 14.4 Å². The summed E-state index contributed by atoms with van der Waals surface area (Å²) in [5.74, 6) is -0.518. The van der Waals surface area contributed by atoms with Crippen LogP contribution in [0.15, 0.2) is 24.4 Å². The number of halogens is 1. The van der Waals surface area contributed by atoms with Gasteiger partial charge in [0.25, 0.3) is 5.91 Å². The standard InChI is InChI=1S/C20H26FN3O2S/c1-12-10-13(6-8-16(12)21)22-19(25)18-14-7-9-17(15(14)11-24(18)5)23-27(26)20(2,3)4/h6,8,10-11,17,23H,7,9H2,1-5H3,(H,22,25)/t17-,27?/m1/s1. The summed E-state index contributed by atoms with van der Waals surface area (Å²) in [6.07, 6.45) is 3.49. The number of nitrogens with one attached hydrogen (secondary N) is 2. The molecule has 0 aliphatic heterocycles. The average molecular weight is 392 g/mol. The lowest BCUT2D eigenvalue weighted by atomic mass is 10.1. The van der Waals surface area contributed by atoms with Crippen molar-refractivity contribution in [2.24, 2.45) is 7.05 Å². The lowest BCUT2D eigenvalue weighted by Gasteiger charge is -2.26. The lowest BCUT2D eigenvalue weighted by Crippen LogP contribution is -2.40. The summed E-state index contributed by atoms with van der Waals surface area (Å²) >= 11 is -1.17. The lowest BCUT2D eigenvalue weighted by molar-refractivity contribution is 0.101. The number of benzene rings is 1.